The van der Waals surface area contributed by atoms with Gasteiger partial charge in [-0.15, -0.1) is 0 Å². The van der Waals surface area contributed by atoms with E-state index in [1.165, 1.54) is 0 Å². The minimum Gasteiger partial charge on any atom is -0.490 e. The zero-order valence-electron chi connectivity index (χ0n) is 9.37. The van der Waals surface area contributed by atoms with Crippen molar-refractivity contribution in [1.82, 2.24) is 4.90 Å². The maximum Gasteiger partial charge on any atom is 0.254 e. The maximum atomic E-state index is 11.9. The van der Waals surface area contributed by atoms with Crippen LogP contribution >= 0.6 is 22.6 Å². The van der Waals surface area contributed by atoms with Crippen LogP contribution in [-0.2, 0) is 0 Å². The molecule has 1 aromatic carbocycles. The molecule has 0 heterocycles. The molecule has 1 aromatic rings. The van der Waals surface area contributed by atoms with Crippen molar-refractivity contribution in [2.45, 2.75) is 18.9 Å². The lowest BCUT2D eigenvalue weighted by atomic mass is 10.2. The van der Waals surface area contributed by atoms with Crippen LogP contribution in [0.25, 0.3) is 0 Å². The minimum atomic E-state index is 0.0191. The number of benzene rings is 1. The first-order valence-corrected chi connectivity index (χ1v) is 6.33. The highest BCUT2D eigenvalue weighted by Crippen LogP contribution is 2.28. The molecule has 0 bridgehead atoms. The van der Waals surface area contributed by atoms with Gasteiger partial charge in [0, 0.05) is 17.7 Å². The van der Waals surface area contributed by atoms with Gasteiger partial charge in [0.2, 0.25) is 0 Å². The first-order chi connectivity index (χ1) is 7.58. The number of carbonyl (C=O) groups is 1. The second kappa shape index (κ2) is 4.61. The van der Waals surface area contributed by atoms with Gasteiger partial charge < -0.3 is 9.64 Å². The highest BCUT2D eigenvalue weighted by molar-refractivity contribution is 14.1. The standard InChI is InChI=1S/C12H14INO2/c1-14(2)12(15)10-7-9(5-6-11(10)13)16-8-3-4-8/h5-8H,3-4H2,1-2H3. The molecule has 0 radical (unpaired) electrons. The molecule has 1 amide bonds. The topological polar surface area (TPSA) is 29.5 Å². The fourth-order valence-electron chi connectivity index (χ4n) is 1.36. The Labute approximate surface area is 109 Å². The highest BCUT2D eigenvalue weighted by Gasteiger charge is 2.24. The Bertz CT molecular complexity index is 413. The van der Waals surface area contributed by atoms with E-state index in [0.29, 0.717) is 11.7 Å². The zero-order valence-corrected chi connectivity index (χ0v) is 11.5. The Morgan fingerprint density at radius 2 is 2.12 bits per heavy atom. The lowest BCUT2D eigenvalue weighted by Crippen LogP contribution is -2.22. The van der Waals surface area contributed by atoms with Crippen molar-refractivity contribution in [3.63, 3.8) is 0 Å². The van der Waals surface area contributed by atoms with Crippen molar-refractivity contribution >= 4 is 28.5 Å². The molecule has 0 spiro atoms. The summed E-state index contributed by atoms with van der Waals surface area (Å²) in [6.45, 7) is 0. The fraction of sp³-hybridized carbons (Fsp3) is 0.417. The van der Waals surface area contributed by atoms with E-state index in [1.54, 1.807) is 19.0 Å². The third-order valence-electron chi connectivity index (χ3n) is 2.40. The summed E-state index contributed by atoms with van der Waals surface area (Å²) >= 11 is 2.17. The summed E-state index contributed by atoms with van der Waals surface area (Å²) in [5.41, 5.74) is 0.712. The molecular weight excluding hydrogens is 317 g/mol. The predicted molar refractivity (Wildman–Crippen MR) is 70.8 cm³/mol. The van der Waals surface area contributed by atoms with E-state index in [9.17, 15) is 4.79 Å². The van der Waals surface area contributed by atoms with Gasteiger partial charge in [0.25, 0.3) is 5.91 Å². The van der Waals surface area contributed by atoms with Crippen LogP contribution in [0.4, 0.5) is 0 Å². The fourth-order valence-corrected chi connectivity index (χ4v) is 1.93. The summed E-state index contributed by atoms with van der Waals surface area (Å²) in [6.07, 6.45) is 2.62. The Hall–Kier alpha value is -0.780. The number of hydrogen-bond acceptors (Lipinski definition) is 2. The Morgan fingerprint density at radius 3 is 2.69 bits per heavy atom. The molecule has 86 valence electrons. The first kappa shape index (κ1) is 11.7. The van der Waals surface area contributed by atoms with E-state index in [4.69, 9.17) is 4.74 Å². The smallest absolute Gasteiger partial charge is 0.254 e. The SMILES string of the molecule is CN(C)C(=O)c1cc(OC2CC2)ccc1I. The second-order valence-corrected chi connectivity index (χ2v) is 5.32. The summed E-state index contributed by atoms with van der Waals surface area (Å²) < 4.78 is 6.63. The van der Waals surface area contributed by atoms with E-state index in [1.807, 2.05) is 18.2 Å². The van der Waals surface area contributed by atoms with Crippen molar-refractivity contribution < 1.29 is 9.53 Å². The molecule has 0 atom stereocenters. The van der Waals surface area contributed by atoms with Crippen LogP contribution in [0.5, 0.6) is 5.75 Å². The molecule has 4 heteroatoms. The van der Waals surface area contributed by atoms with Crippen LogP contribution in [0.2, 0.25) is 0 Å². The van der Waals surface area contributed by atoms with Crippen LogP contribution in [0.1, 0.15) is 23.2 Å². The number of rotatable bonds is 3. The van der Waals surface area contributed by atoms with Gasteiger partial charge in [0.1, 0.15) is 5.75 Å². The summed E-state index contributed by atoms with van der Waals surface area (Å²) in [6, 6.07) is 5.68. The normalized spacial score (nSPS) is 14.7. The van der Waals surface area contributed by atoms with Gasteiger partial charge in [-0.1, -0.05) is 0 Å². The molecule has 1 fully saturated rings. The first-order valence-electron chi connectivity index (χ1n) is 5.26. The second-order valence-electron chi connectivity index (χ2n) is 4.16. The lowest BCUT2D eigenvalue weighted by Gasteiger charge is -2.13. The van der Waals surface area contributed by atoms with Gasteiger partial charge in [-0.25, -0.2) is 0 Å². The maximum absolute atomic E-state index is 11.9. The number of amides is 1. The molecule has 1 saturated carbocycles. The van der Waals surface area contributed by atoms with Crippen LogP contribution in [0.3, 0.4) is 0 Å². The van der Waals surface area contributed by atoms with E-state index in [-0.39, 0.29) is 5.91 Å². The van der Waals surface area contributed by atoms with Gasteiger partial charge in [-0.05, 0) is 53.6 Å². The van der Waals surface area contributed by atoms with E-state index in [0.717, 1.165) is 22.2 Å². The molecular formula is C12H14INO2. The van der Waals surface area contributed by atoms with E-state index < -0.39 is 0 Å². The number of carbonyl (C=O) groups excluding carboxylic acids is 1. The van der Waals surface area contributed by atoms with Crippen LogP contribution < -0.4 is 4.74 Å². The van der Waals surface area contributed by atoms with Gasteiger partial charge in [-0.2, -0.15) is 0 Å². The minimum absolute atomic E-state index is 0.0191. The lowest BCUT2D eigenvalue weighted by molar-refractivity contribution is 0.0826. The molecule has 1 aliphatic rings. The third kappa shape index (κ3) is 2.66. The molecule has 0 N–H and O–H groups in total. The average Bonchev–Trinajstić information content (AvgIpc) is 3.03. The van der Waals surface area contributed by atoms with Crippen LogP contribution in [-0.4, -0.2) is 31.0 Å². The molecule has 0 saturated heterocycles. The summed E-state index contributed by atoms with van der Waals surface area (Å²) in [7, 11) is 3.51. The summed E-state index contributed by atoms with van der Waals surface area (Å²) in [5, 5.41) is 0. The van der Waals surface area contributed by atoms with E-state index >= 15 is 0 Å². The largest absolute Gasteiger partial charge is 0.490 e. The Kier molecular flexibility index (Phi) is 3.37. The third-order valence-corrected chi connectivity index (χ3v) is 3.34. The number of halogens is 1. The molecule has 0 aliphatic heterocycles. The summed E-state index contributed by atoms with van der Waals surface area (Å²) in [5.74, 6) is 0.818. The molecule has 3 nitrogen and oxygen atoms in total. The Balaban J connectivity index is 2.24. The summed E-state index contributed by atoms with van der Waals surface area (Å²) in [4.78, 5) is 13.5. The quantitative estimate of drug-likeness (QED) is 0.797. The van der Waals surface area contributed by atoms with Gasteiger partial charge >= 0.3 is 0 Å². The number of nitrogens with zero attached hydrogens (tertiary/aromatic N) is 1. The van der Waals surface area contributed by atoms with Crippen LogP contribution in [0, 0.1) is 3.57 Å². The van der Waals surface area contributed by atoms with Crippen molar-refractivity contribution in [3.8, 4) is 5.75 Å². The van der Waals surface area contributed by atoms with Crippen molar-refractivity contribution in [2.75, 3.05) is 14.1 Å². The molecule has 2 rings (SSSR count). The molecule has 16 heavy (non-hydrogen) atoms. The van der Waals surface area contributed by atoms with Gasteiger partial charge in [0.15, 0.2) is 0 Å². The monoisotopic (exact) mass is 331 g/mol. The van der Waals surface area contributed by atoms with Crippen molar-refractivity contribution in [2.24, 2.45) is 0 Å². The Morgan fingerprint density at radius 1 is 1.44 bits per heavy atom. The highest BCUT2D eigenvalue weighted by atomic mass is 127. The molecule has 1 aliphatic carbocycles. The zero-order chi connectivity index (χ0) is 11.7. The predicted octanol–water partition coefficient (Wildman–Crippen LogP) is 2.53. The van der Waals surface area contributed by atoms with E-state index in [2.05, 4.69) is 22.6 Å². The number of hydrogen-bond donors (Lipinski definition) is 0. The van der Waals surface area contributed by atoms with Gasteiger partial charge in [-0.3, -0.25) is 4.79 Å². The van der Waals surface area contributed by atoms with Crippen LogP contribution in [0.15, 0.2) is 18.2 Å². The number of ether oxygens (including phenoxy) is 1. The molecule has 0 unspecified atom stereocenters. The van der Waals surface area contributed by atoms with Gasteiger partial charge in [0.05, 0.1) is 11.7 Å². The average molecular weight is 331 g/mol. The molecule has 0 aromatic heterocycles. The van der Waals surface area contributed by atoms with Crippen molar-refractivity contribution in [1.29, 1.82) is 0 Å². The van der Waals surface area contributed by atoms with Crippen molar-refractivity contribution in [3.05, 3.63) is 27.3 Å².